The summed E-state index contributed by atoms with van der Waals surface area (Å²) >= 11 is 1.37. The van der Waals surface area contributed by atoms with Gasteiger partial charge >= 0.3 is 5.97 Å². The van der Waals surface area contributed by atoms with Gasteiger partial charge in [0.1, 0.15) is 5.00 Å². The molecule has 0 unspecified atom stereocenters. The first-order chi connectivity index (χ1) is 11.5. The van der Waals surface area contributed by atoms with Gasteiger partial charge in [0.25, 0.3) is 0 Å². The SMILES string of the molecule is COC(=O)c1cc(C)sc1NC(=O)CN1CCC2(CC1)OCCO2. The van der Waals surface area contributed by atoms with Crippen LogP contribution in [0.2, 0.25) is 0 Å². The van der Waals surface area contributed by atoms with E-state index in [9.17, 15) is 9.59 Å². The highest BCUT2D eigenvalue weighted by Gasteiger charge is 2.39. The summed E-state index contributed by atoms with van der Waals surface area (Å²) in [5.41, 5.74) is 0.402. The molecular formula is C16H22N2O5S. The molecule has 2 fully saturated rings. The van der Waals surface area contributed by atoms with Crippen molar-refractivity contribution in [2.75, 3.05) is 45.3 Å². The number of carbonyl (C=O) groups excluding carboxylic acids is 2. The first-order valence-corrected chi connectivity index (χ1v) is 8.82. The number of piperidine rings is 1. The number of methoxy groups -OCH3 is 1. The normalized spacial score (nSPS) is 20.2. The van der Waals surface area contributed by atoms with E-state index in [4.69, 9.17) is 14.2 Å². The van der Waals surface area contributed by atoms with E-state index < -0.39 is 11.8 Å². The highest BCUT2D eigenvalue weighted by Crippen LogP contribution is 2.31. The molecule has 1 spiro atoms. The number of thiophene rings is 1. The smallest absolute Gasteiger partial charge is 0.340 e. The fourth-order valence-electron chi connectivity index (χ4n) is 3.08. The predicted octanol–water partition coefficient (Wildman–Crippen LogP) is 1.62. The molecule has 0 radical (unpaired) electrons. The third-order valence-corrected chi connectivity index (χ3v) is 5.28. The summed E-state index contributed by atoms with van der Waals surface area (Å²) in [5, 5.41) is 3.37. The molecule has 1 amide bonds. The van der Waals surface area contributed by atoms with E-state index >= 15 is 0 Å². The Morgan fingerprint density at radius 2 is 2.00 bits per heavy atom. The lowest BCUT2D eigenvalue weighted by atomic mass is 10.0. The van der Waals surface area contributed by atoms with Crippen molar-refractivity contribution in [1.82, 2.24) is 4.90 Å². The lowest BCUT2D eigenvalue weighted by Gasteiger charge is -2.37. The summed E-state index contributed by atoms with van der Waals surface area (Å²) in [6.07, 6.45) is 1.54. The largest absolute Gasteiger partial charge is 0.465 e. The molecule has 2 aliphatic rings. The first kappa shape index (κ1) is 17.3. The standard InChI is InChI=1S/C16H22N2O5S/c1-11-9-12(15(20)21-2)14(24-11)17-13(19)10-18-5-3-16(4-6-18)22-7-8-23-16/h9H,3-8,10H2,1-2H3,(H,17,19). The predicted molar refractivity (Wildman–Crippen MR) is 89.3 cm³/mol. The van der Waals surface area contributed by atoms with Gasteiger partial charge in [-0.2, -0.15) is 0 Å². The Morgan fingerprint density at radius 1 is 1.33 bits per heavy atom. The summed E-state index contributed by atoms with van der Waals surface area (Å²) in [4.78, 5) is 27.1. The minimum atomic E-state index is -0.440. The Bertz CT molecular complexity index is 614. The number of rotatable bonds is 4. The van der Waals surface area contributed by atoms with Gasteiger partial charge in [0.05, 0.1) is 32.4 Å². The van der Waals surface area contributed by atoms with Gasteiger partial charge in [0, 0.05) is 30.8 Å². The van der Waals surface area contributed by atoms with Crippen LogP contribution in [0.4, 0.5) is 5.00 Å². The summed E-state index contributed by atoms with van der Waals surface area (Å²) in [7, 11) is 1.33. The van der Waals surface area contributed by atoms with Crippen molar-refractivity contribution in [3.05, 3.63) is 16.5 Å². The van der Waals surface area contributed by atoms with Crippen molar-refractivity contribution >= 4 is 28.2 Å². The topological polar surface area (TPSA) is 77.1 Å². The van der Waals surface area contributed by atoms with E-state index in [0.29, 0.717) is 23.8 Å². The number of aryl methyl sites for hydroxylation is 1. The van der Waals surface area contributed by atoms with Crippen LogP contribution in [0.15, 0.2) is 6.07 Å². The van der Waals surface area contributed by atoms with E-state index in [1.165, 1.54) is 18.4 Å². The van der Waals surface area contributed by atoms with Crippen LogP contribution < -0.4 is 5.32 Å². The minimum absolute atomic E-state index is 0.133. The van der Waals surface area contributed by atoms with Gasteiger partial charge in [-0.25, -0.2) is 4.79 Å². The molecule has 2 saturated heterocycles. The molecule has 1 aromatic rings. The van der Waals surface area contributed by atoms with Crippen LogP contribution in [0.1, 0.15) is 28.1 Å². The quantitative estimate of drug-likeness (QED) is 0.828. The summed E-state index contributed by atoms with van der Waals surface area (Å²) in [6, 6.07) is 1.73. The molecule has 8 heteroatoms. The van der Waals surface area contributed by atoms with Gasteiger partial charge in [-0.05, 0) is 13.0 Å². The van der Waals surface area contributed by atoms with Crippen molar-refractivity contribution in [2.24, 2.45) is 0 Å². The van der Waals surface area contributed by atoms with Crippen molar-refractivity contribution in [1.29, 1.82) is 0 Å². The van der Waals surface area contributed by atoms with Crippen LogP contribution >= 0.6 is 11.3 Å². The number of ether oxygens (including phenoxy) is 3. The summed E-state index contributed by atoms with van der Waals surface area (Å²) in [6.45, 7) is 4.97. The zero-order valence-electron chi connectivity index (χ0n) is 13.9. The molecule has 0 bridgehead atoms. The molecule has 0 aliphatic carbocycles. The van der Waals surface area contributed by atoms with Crippen LogP contribution in [-0.4, -0.2) is 62.5 Å². The van der Waals surface area contributed by atoms with E-state index in [1.807, 2.05) is 6.92 Å². The molecule has 132 valence electrons. The third-order valence-electron chi connectivity index (χ3n) is 4.31. The number of esters is 1. The number of nitrogens with zero attached hydrogens (tertiary/aromatic N) is 1. The van der Waals surface area contributed by atoms with Gasteiger partial charge in [0.2, 0.25) is 5.91 Å². The molecule has 1 N–H and O–H groups in total. The average molecular weight is 354 g/mol. The fourth-order valence-corrected chi connectivity index (χ4v) is 3.99. The van der Waals surface area contributed by atoms with E-state index in [-0.39, 0.29) is 12.5 Å². The van der Waals surface area contributed by atoms with Gasteiger partial charge in [0.15, 0.2) is 5.79 Å². The Hall–Kier alpha value is -1.48. The molecule has 7 nitrogen and oxygen atoms in total. The Kier molecular flexibility index (Phi) is 5.19. The van der Waals surface area contributed by atoms with Crippen LogP contribution in [-0.2, 0) is 19.0 Å². The van der Waals surface area contributed by atoms with E-state index in [1.54, 1.807) is 6.07 Å². The van der Waals surface area contributed by atoms with Crippen molar-refractivity contribution in [3.63, 3.8) is 0 Å². The fraction of sp³-hybridized carbons (Fsp3) is 0.625. The van der Waals surface area contributed by atoms with E-state index in [0.717, 1.165) is 30.8 Å². The number of nitrogens with one attached hydrogen (secondary N) is 1. The maximum atomic E-state index is 12.3. The van der Waals surface area contributed by atoms with Crippen LogP contribution in [0.3, 0.4) is 0 Å². The molecule has 2 aliphatic heterocycles. The molecule has 0 saturated carbocycles. The van der Waals surface area contributed by atoms with Crippen molar-refractivity contribution in [2.45, 2.75) is 25.6 Å². The summed E-state index contributed by atoms with van der Waals surface area (Å²) in [5.74, 6) is -1.01. The molecule has 0 atom stereocenters. The monoisotopic (exact) mass is 354 g/mol. The van der Waals surface area contributed by atoms with Crippen LogP contribution in [0.25, 0.3) is 0 Å². The maximum absolute atomic E-state index is 12.3. The highest BCUT2D eigenvalue weighted by atomic mass is 32.1. The average Bonchev–Trinajstić information content (AvgIpc) is 3.16. The van der Waals surface area contributed by atoms with Gasteiger partial charge in [-0.15, -0.1) is 11.3 Å². The van der Waals surface area contributed by atoms with Crippen molar-refractivity contribution in [3.8, 4) is 0 Å². The number of hydrogen-bond donors (Lipinski definition) is 1. The number of anilines is 1. The molecule has 1 aromatic heterocycles. The second-order valence-electron chi connectivity index (χ2n) is 6.02. The first-order valence-electron chi connectivity index (χ1n) is 8.00. The second kappa shape index (κ2) is 7.18. The van der Waals surface area contributed by atoms with Gasteiger partial charge in [-0.3, -0.25) is 9.69 Å². The van der Waals surface area contributed by atoms with E-state index in [2.05, 4.69) is 10.2 Å². The molecule has 24 heavy (non-hydrogen) atoms. The highest BCUT2D eigenvalue weighted by molar-refractivity contribution is 7.16. The molecule has 0 aromatic carbocycles. The molecular weight excluding hydrogens is 332 g/mol. The van der Waals surface area contributed by atoms with Gasteiger partial charge in [-0.1, -0.05) is 0 Å². The van der Waals surface area contributed by atoms with Crippen LogP contribution in [0.5, 0.6) is 0 Å². The third kappa shape index (κ3) is 3.77. The summed E-state index contributed by atoms with van der Waals surface area (Å²) < 4.78 is 16.1. The van der Waals surface area contributed by atoms with Crippen molar-refractivity contribution < 1.29 is 23.8 Å². The maximum Gasteiger partial charge on any atom is 0.340 e. The number of amides is 1. The second-order valence-corrected chi connectivity index (χ2v) is 7.28. The Balaban J connectivity index is 1.54. The zero-order chi connectivity index (χ0) is 17.2. The molecule has 3 rings (SSSR count). The lowest BCUT2D eigenvalue weighted by Crippen LogP contribution is -2.47. The Labute approximate surface area is 144 Å². The number of likely N-dealkylation sites (tertiary alicyclic amines) is 1. The number of hydrogen-bond acceptors (Lipinski definition) is 7. The zero-order valence-corrected chi connectivity index (χ0v) is 14.7. The number of carbonyl (C=O) groups is 2. The lowest BCUT2D eigenvalue weighted by molar-refractivity contribution is -0.185. The molecule has 3 heterocycles. The van der Waals surface area contributed by atoms with Gasteiger partial charge < -0.3 is 19.5 Å². The Morgan fingerprint density at radius 3 is 2.62 bits per heavy atom. The minimum Gasteiger partial charge on any atom is -0.465 e. The van der Waals surface area contributed by atoms with Crippen LogP contribution in [0, 0.1) is 6.92 Å².